The zero-order valence-corrected chi connectivity index (χ0v) is 25.6. The molecule has 2 heterocycles. The zero-order valence-electron chi connectivity index (χ0n) is 25.6. The Morgan fingerprint density at radius 1 is 0.702 bits per heavy atom. The van der Waals surface area contributed by atoms with Crippen LogP contribution in [0.15, 0.2) is 60.7 Å². The first-order valence-corrected chi connectivity index (χ1v) is 14.4. The van der Waals surface area contributed by atoms with E-state index >= 15 is 0 Å². The molecule has 0 bridgehead atoms. The Hall–Kier alpha value is -5.64. The van der Waals surface area contributed by atoms with Crippen molar-refractivity contribution in [2.75, 3.05) is 6.54 Å². The molecule has 2 fully saturated rings. The van der Waals surface area contributed by atoms with Gasteiger partial charge < -0.3 is 18.9 Å². The van der Waals surface area contributed by atoms with Crippen LogP contribution in [0.1, 0.15) is 50.7 Å². The van der Waals surface area contributed by atoms with E-state index < -0.39 is 72.0 Å². The smallest absolute Gasteiger partial charge is 0.414 e. The van der Waals surface area contributed by atoms with Gasteiger partial charge in [-0.3, -0.25) is 49.9 Å². The normalized spacial score (nSPS) is 19.8. The molecule has 0 radical (unpaired) electrons. The monoisotopic (exact) mass is 654 g/mol. The van der Waals surface area contributed by atoms with Gasteiger partial charge in [0.15, 0.2) is 0 Å². The Kier molecular flexibility index (Phi) is 12.3. The average molecular weight is 655 g/mol. The molecule has 2 aliphatic heterocycles. The molecule has 2 aromatic carbocycles. The van der Waals surface area contributed by atoms with Crippen molar-refractivity contribution in [1.29, 1.82) is 0 Å². The lowest BCUT2D eigenvalue weighted by atomic mass is 10.1. The van der Waals surface area contributed by atoms with Crippen molar-refractivity contribution < 1.29 is 57.3 Å². The predicted octanol–water partition coefficient (Wildman–Crippen LogP) is 0.706. The van der Waals surface area contributed by atoms with Crippen molar-refractivity contribution >= 4 is 47.6 Å². The summed E-state index contributed by atoms with van der Waals surface area (Å²) in [7, 11) is 0. The highest BCUT2D eigenvalue weighted by Crippen LogP contribution is 2.29. The number of amides is 5. The molecule has 0 spiro atoms. The highest BCUT2D eigenvalue weighted by Gasteiger charge is 2.58. The predicted molar refractivity (Wildman–Crippen MR) is 158 cm³/mol. The number of hydrogen-bond acceptors (Lipinski definition) is 13. The molecular formula is C31H34N4O12. The van der Waals surface area contributed by atoms with E-state index in [1.165, 1.54) is 6.92 Å². The number of carbonyl (C=O) groups excluding carboxylic acids is 8. The zero-order chi connectivity index (χ0) is 34.6. The number of nitrogens with two attached hydrogens (primary N) is 1. The number of nitrogens with one attached hydrogen (secondary N) is 2. The number of hydrogen-bond donors (Lipinski definition) is 3. The van der Waals surface area contributed by atoms with Gasteiger partial charge in [0.2, 0.25) is 17.5 Å². The van der Waals surface area contributed by atoms with Crippen LogP contribution in [-0.4, -0.2) is 70.5 Å². The fourth-order valence-electron chi connectivity index (χ4n) is 4.19. The summed E-state index contributed by atoms with van der Waals surface area (Å²) >= 11 is 0. The number of rotatable bonds is 11. The Balaban J connectivity index is 0.000000386. The summed E-state index contributed by atoms with van der Waals surface area (Å²) in [6.07, 6.45) is -2.13. The summed E-state index contributed by atoms with van der Waals surface area (Å²) in [6.45, 7) is 2.00. The number of nitrogens with zero attached hydrogens (tertiary/aromatic N) is 1. The van der Waals surface area contributed by atoms with Crippen molar-refractivity contribution in [3.8, 4) is 0 Å². The van der Waals surface area contributed by atoms with Crippen molar-refractivity contribution in [3.63, 3.8) is 0 Å². The molecule has 16 heteroatoms. The largest absolute Gasteiger partial charge is 0.459 e. The van der Waals surface area contributed by atoms with E-state index in [2.05, 4.69) is 4.74 Å². The third-order valence-electron chi connectivity index (χ3n) is 6.62. The van der Waals surface area contributed by atoms with Crippen LogP contribution in [0.4, 0.5) is 4.79 Å². The fourth-order valence-corrected chi connectivity index (χ4v) is 4.19. The number of benzene rings is 2. The molecular weight excluding hydrogens is 620 g/mol. The first-order chi connectivity index (χ1) is 22.3. The Labute approximate surface area is 268 Å². The van der Waals surface area contributed by atoms with Gasteiger partial charge in [0.1, 0.15) is 19.8 Å². The molecule has 4 rings (SSSR count). The SMILES string of the molecule is CCC(=O)OC1(N(CC(=O)OCc2ccccc2)C(=O)OCc2ccccc2)CC(=O)NC1=O.CCC(=O)OC1(N)CC(=O)NC1=O. The molecule has 2 atom stereocenters. The van der Waals surface area contributed by atoms with Gasteiger partial charge in [-0.15, -0.1) is 0 Å². The molecule has 0 aromatic heterocycles. The van der Waals surface area contributed by atoms with Crippen LogP contribution < -0.4 is 16.4 Å². The van der Waals surface area contributed by atoms with Gasteiger partial charge in [-0.25, -0.2) is 9.69 Å². The Morgan fingerprint density at radius 3 is 1.66 bits per heavy atom. The average Bonchev–Trinajstić information content (AvgIpc) is 3.48. The maximum Gasteiger partial charge on any atom is 0.414 e. The van der Waals surface area contributed by atoms with Crippen LogP contribution in [0.3, 0.4) is 0 Å². The summed E-state index contributed by atoms with van der Waals surface area (Å²) in [5.41, 5.74) is 2.57. The second-order valence-corrected chi connectivity index (χ2v) is 10.2. The summed E-state index contributed by atoms with van der Waals surface area (Å²) in [4.78, 5) is 95.8. The first-order valence-electron chi connectivity index (χ1n) is 14.4. The van der Waals surface area contributed by atoms with Gasteiger partial charge in [0.25, 0.3) is 17.5 Å². The van der Waals surface area contributed by atoms with E-state index in [9.17, 15) is 38.4 Å². The molecule has 2 unspecified atom stereocenters. The van der Waals surface area contributed by atoms with E-state index in [1.807, 2.05) is 10.6 Å². The Morgan fingerprint density at radius 2 is 1.19 bits per heavy atom. The highest BCUT2D eigenvalue weighted by molar-refractivity contribution is 6.10. The van der Waals surface area contributed by atoms with Crippen molar-refractivity contribution in [1.82, 2.24) is 15.5 Å². The molecule has 5 amide bonds. The van der Waals surface area contributed by atoms with Crippen LogP contribution in [0, 0.1) is 0 Å². The standard InChI is InChI=1S/C24H24N2O8.C7H10N2O4/c1-2-20(28)34-24(13-19(27)25-22(24)30)26(23(31)33-16-18-11-7-4-8-12-18)14-21(29)32-15-17-9-5-3-6-10-17;1-2-5(11)13-7(8)3-4(10)9-6(7)12/h3-12H,2,13-16H2,1H3,(H,25,27,30);2-3,8H2,1H3,(H,9,10,12). The van der Waals surface area contributed by atoms with E-state index in [4.69, 9.17) is 19.9 Å². The molecule has 250 valence electrons. The van der Waals surface area contributed by atoms with E-state index in [-0.39, 0.29) is 32.5 Å². The number of imide groups is 2. The number of esters is 3. The van der Waals surface area contributed by atoms with Crippen molar-refractivity contribution in [2.24, 2.45) is 5.73 Å². The van der Waals surface area contributed by atoms with Crippen LogP contribution in [0.5, 0.6) is 0 Å². The van der Waals surface area contributed by atoms with Crippen LogP contribution in [0.25, 0.3) is 0 Å². The second kappa shape index (κ2) is 16.1. The molecule has 2 saturated heterocycles. The van der Waals surface area contributed by atoms with Gasteiger partial charge in [0, 0.05) is 12.8 Å². The molecule has 2 aromatic rings. The van der Waals surface area contributed by atoms with E-state index in [0.717, 1.165) is 0 Å². The molecule has 16 nitrogen and oxygen atoms in total. The summed E-state index contributed by atoms with van der Waals surface area (Å²) < 4.78 is 20.4. The van der Waals surface area contributed by atoms with Crippen LogP contribution >= 0.6 is 0 Å². The summed E-state index contributed by atoms with van der Waals surface area (Å²) in [6, 6.07) is 17.5. The van der Waals surface area contributed by atoms with Crippen LogP contribution in [-0.2, 0) is 65.7 Å². The van der Waals surface area contributed by atoms with E-state index in [1.54, 1.807) is 67.6 Å². The van der Waals surface area contributed by atoms with Crippen LogP contribution in [0.2, 0.25) is 0 Å². The minimum Gasteiger partial charge on any atom is -0.459 e. The van der Waals surface area contributed by atoms with Crippen molar-refractivity contribution in [3.05, 3.63) is 71.8 Å². The van der Waals surface area contributed by atoms with Gasteiger partial charge >= 0.3 is 24.0 Å². The lowest BCUT2D eigenvalue weighted by Gasteiger charge is -2.35. The van der Waals surface area contributed by atoms with Gasteiger partial charge in [0.05, 0.1) is 12.8 Å². The third-order valence-corrected chi connectivity index (χ3v) is 6.62. The summed E-state index contributed by atoms with van der Waals surface area (Å²) in [5.74, 6) is -5.45. The molecule has 4 N–H and O–H groups in total. The number of ether oxygens (including phenoxy) is 4. The highest BCUT2D eigenvalue weighted by atomic mass is 16.6. The van der Waals surface area contributed by atoms with Crippen molar-refractivity contribution in [2.45, 2.75) is 64.2 Å². The van der Waals surface area contributed by atoms with Gasteiger partial charge in [-0.1, -0.05) is 74.5 Å². The molecule has 0 saturated carbocycles. The minimum atomic E-state index is -2.37. The Bertz CT molecular complexity index is 1520. The summed E-state index contributed by atoms with van der Waals surface area (Å²) in [5, 5.41) is 3.98. The number of carbonyl (C=O) groups is 8. The second-order valence-electron chi connectivity index (χ2n) is 10.2. The quantitative estimate of drug-likeness (QED) is 0.131. The lowest BCUT2D eigenvalue weighted by Crippen LogP contribution is -2.60. The van der Waals surface area contributed by atoms with Gasteiger partial charge in [-0.2, -0.15) is 0 Å². The molecule has 47 heavy (non-hydrogen) atoms. The minimum absolute atomic E-state index is 0.0839. The first kappa shape index (κ1) is 35.8. The topological polar surface area (TPSA) is 227 Å². The maximum absolute atomic E-state index is 13.1. The maximum atomic E-state index is 13.1. The third kappa shape index (κ3) is 9.67. The lowest BCUT2D eigenvalue weighted by molar-refractivity contribution is -0.187. The van der Waals surface area contributed by atoms with Gasteiger partial charge in [-0.05, 0) is 11.1 Å². The molecule has 0 aliphatic carbocycles. The molecule has 2 aliphatic rings. The van der Waals surface area contributed by atoms with E-state index in [0.29, 0.717) is 16.0 Å². The fraction of sp³-hybridized carbons (Fsp3) is 0.355.